The van der Waals surface area contributed by atoms with Gasteiger partial charge in [-0.1, -0.05) is 30.3 Å². The highest BCUT2D eigenvalue weighted by molar-refractivity contribution is 5.77. The van der Waals surface area contributed by atoms with Crippen molar-refractivity contribution in [3.05, 3.63) is 53.1 Å². The lowest BCUT2D eigenvalue weighted by atomic mass is 9.95. The average Bonchev–Trinajstić information content (AvgIpc) is 3.27. The Morgan fingerprint density at radius 1 is 1.14 bits per heavy atom. The normalized spacial score (nSPS) is 25.5. The molecule has 3 unspecified atom stereocenters. The van der Waals surface area contributed by atoms with Gasteiger partial charge in [0.25, 0.3) is 0 Å². The quantitative estimate of drug-likeness (QED) is 0.658. The zero-order chi connectivity index (χ0) is 24.7. The van der Waals surface area contributed by atoms with Crippen LogP contribution in [-0.4, -0.2) is 56.6 Å². The molecule has 1 amide bonds. The van der Waals surface area contributed by atoms with Crippen LogP contribution in [0.5, 0.6) is 0 Å². The third-order valence-corrected chi connectivity index (χ3v) is 8.08. The third-order valence-electron chi connectivity index (χ3n) is 8.08. The van der Waals surface area contributed by atoms with E-state index in [1.807, 2.05) is 25.1 Å². The van der Waals surface area contributed by atoms with Crippen molar-refractivity contribution in [3.63, 3.8) is 0 Å². The molecule has 2 bridgehead atoms. The summed E-state index contributed by atoms with van der Waals surface area (Å²) in [7, 11) is 0. The van der Waals surface area contributed by atoms with E-state index in [1.165, 1.54) is 10.5 Å². The van der Waals surface area contributed by atoms with Gasteiger partial charge in [-0.05, 0) is 44.6 Å². The van der Waals surface area contributed by atoms with Gasteiger partial charge in [-0.3, -0.25) is 9.69 Å². The molecule has 9 heteroatoms. The van der Waals surface area contributed by atoms with Crippen LogP contribution in [0.15, 0.2) is 30.3 Å². The fourth-order valence-electron chi connectivity index (χ4n) is 6.47. The molecule has 1 aromatic heterocycles. The SMILES string of the molecule is Cc1nc2c(n1C1CC3CCC(C1)N3CCC(N)c1ccccc1)CN(C(=O)CC(F)(F)F)CC2. The molecule has 5 rings (SSSR count). The van der Waals surface area contributed by atoms with Gasteiger partial charge >= 0.3 is 6.18 Å². The van der Waals surface area contributed by atoms with Gasteiger partial charge in [0.2, 0.25) is 5.91 Å². The number of aromatic nitrogens is 2. The lowest BCUT2D eigenvalue weighted by Crippen LogP contribution is -2.45. The number of carbonyl (C=O) groups is 1. The predicted molar refractivity (Wildman–Crippen MR) is 127 cm³/mol. The van der Waals surface area contributed by atoms with Gasteiger partial charge in [0.15, 0.2) is 0 Å². The Labute approximate surface area is 204 Å². The summed E-state index contributed by atoms with van der Waals surface area (Å²) in [6.07, 6.45) is -0.144. The number of amides is 1. The largest absolute Gasteiger partial charge is 0.397 e. The van der Waals surface area contributed by atoms with Crippen LogP contribution in [-0.2, 0) is 17.8 Å². The molecule has 2 saturated heterocycles. The first kappa shape index (κ1) is 24.3. The van der Waals surface area contributed by atoms with Crippen LogP contribution < -0.4 is 5.73 Å². The summed E-state index contributed by atoms with van der Waals surface area (Å²) in [5.74, 6) is 0.0577. The van der Waals surface area contributed by atoms with Crippen LogP contribution in [0.3, 0.4) is 0 Å². The number of nitrogens with zero attached hydrogens (tertiary/aromatic N) is 4. The molecule has 0 aliphatic carbocycles. The Morgan fingerprint density at radius 3 is 2.49 bits per heavy atom. The van der Waals surface area contributed by atoms with E-state index < -0.39 is 18.5 Å². The Hall–Kier alpha value is -2.39. The molecule has 2 aromatic rings. The minimum absolute atomic E-state index is 0.0245. The third kappa shape index (κ3) is 5.11. The number of aryl methyl sites for hydroxylation is 1. The number of benzene rings is 1. The van der Waals surface area contributed by atoms with Crippen molar-refractivity contribution in [2.75, 3.05) is 13.1 Å². The lowest BCUT2D eigenvalue weighted by Gasteiger charge is -2.41. The molecule has 2 fully saturated rings. The fraction of sp³-hybridized carbons (Fsp3) is 0.615. The number of alkyl halides is 3. The first-order valence-electron chi connectivity index (χ1n) is 12.7. The molecule has 0 radical (unpaired) electrons. The number of hydrogen-bond acceptors (Lipinski definition) is 4. The van der Waals surface area contributed by atoms with Crippen LogP contribution in [0.4, 0.5) is 13.2 Å². The topological polar surface area (TPSA) is 67.4 Å². The van der Waals surface area contributed by atoms with Gasteiger partial charge in [-0.15, -0.1) is 0 Å². The summed E-state index contributed by atoms with van der Waals surface area (Å²) in [6.45, 7) is 3.46. The predicted octanol–water partition coefficient (Wildman–Crippen LogP) is 4.29. The van der Waals surface area contributed by atoms with E-state index in [4.69, 9.17) is 10.7 Å². The van der Waals surface area contributed by atoms with Gasteiger partial charge in [0.1, 0.15) is 12.2 Å². The zero-order valence-corrected chi connectivity index (χ0v) is 20.2. The highest BCUT2D eigenvalue weighted by Crippen LogP contribution is 2.43. The first-order chi connectivity index (χ1) is 16.7. The van der Waals surface area contributed by atoms with Gasteiger partial charge in [0, 0.05) is 43.7 Å². The van der Waals surface area contributed by atoms with Crippen LogP contribution in [0.2, 0.25) is 0 Å². The van der Waals surface area contributed by atoms with Gasteiger partial charge < -0.3 is 15.2 Å². The summed E-state index contributed by atoms with van der Waals surface area (Å²) in [5, 5.41) is 0. The number of imidazole rings is 1. The summed E-state index contributed by atoms with van der Waals surface area (Å²) < 4.78 is 40.6. The Morgan fingerprint density at radius 2 is 1.83 bits per heavy atom. The minimum atomic E-state index is -4.48. The summed E-state index contributed by atoms with van der Waals surface area (Å²) in [4.78, 5) is 21.0. The monoisotopic (exact) mass is 489 g/mol. The van der Waals surface area contributed by atoms with Crippen molar-refractivity contribution in [1.82, 2.24) is 19.4 Å². The molecule has 2 N–H and O–H groups in total. The maximum atomic E-state index is 12.8. The van der Waals surface area contributed by atoms with Crippen molar-refractivity contribution in [1.29, 1.82) is 0 Å². The van der Waals surface area contributed by atoms with Crippen LogP contribution >= 0.6 is 0 Å². The number of nitrogens with two attached hydrogens (primary N) is 1. The number of carbonyl (C=O) groups excluding carboxylic acids is 1. The molecule has 190 valence electrons. The van der Waals surface area contributed by atoms with E-state index in [0.29, 0.717) is 25.0 Å². The second-order valence-electron chi connectivity index (χ2n) is 10.3. The Kier molecular flexibility index (Phi) is 6.65. The summed E-state index contributed by atoms with van der Waals surface area (Å²) in [5.41, 5.74) is 9.48. The number of hydrogen-bond donors (Lipinski definition) is 1. The number of rotatable bonds is 6. The number of piperidine rings is 1. The van der Waals surface area contributed by atoms with Crippen molar-refractivity contribution >= 4 is 5.91 Å². The second-order valence-corrected chi connectivity index (χ2v) is 10.3. The molecule has 3 atom stereocenters. The van der Waals surface area contributed by atoms with Crippen LogP contribution in [0.1, 0.15) is 73.4 Å². The lowest BCUT2D eigenvalue weighted by molar-refractivity contribution is -0.162. The van der Waals surface area contributed by atoms with Gasteiger partial charge in [0.05, 0.1) is 17.9 Å². The van der Waals surface area contributed by atoms with E-state index in [1.54, 1.807) is 0 Å². The number of halogens is 3. The van der Waals surface area contributed by atoms with Crippen molar-refractivity contribution < 1.29 is 18.0 Å². The van der Waals surface area contributed by atoms with E-state index in [9.17, 15) is 18.0 Å². The van der Waals surface area contributed by atoms with E-state index in [0.717, 1.165) is 55.9 Å². The second kappa shape index (κ2) is 9.58. The Balaban J connectivity index is 1.26. The molecular weight excluding hydrogens is 455 g/mol. The molecule has 1 aromatic carbocycles. The van der Waals surface area contributed by atoms with E-state index in [-0.39, 0.29) is 18.6 Å². The van der Waals surface area contributed by atoms with E-state index >= 15 is 0 Å². The molecule has 0 spiro atoms. The van der Waals surface area contributed by atoms with Crippen molar-refractivity contribution in [2.45, 2.75) is 88.8 Å². The molecule has 4 heterocycles. The maximum Gasteiger partial charge on any atom is 0.397 e. The maximum absolute atomic E-state index is 12.8. The van der Waals surface area contributed by atoms with E-state index in [2.05, 4.69) is 21.6 Å². The van der Waals surface area contributed by atoms with Gasteiger partial charge in [-0.2, -0.15) is 13.2 Å². The standard InChI is InChI=1S/C26H34F3N5O/c1-17-31-23-10-11-32(25(35)15-26(27,28)29)16-24(23)34(17)21-13-19-7-8-20(14-21)33(19)12-9-22(30)18-5-3-2-4-6-18/h2-6,19-22H,7-16,30H2,1H3. The molecule has 35 heavy (non-hydrogen) atoms. The molecule has 3 aliphatic rings. The minimum Gasteiger partial charge on any atom is -0.336 e. The van der Waals surface area contributed by atoms with Crippen LogP contribution in [0, 0.1) is 6.92 Å². The van der Waals surface area contributed by atoms with Crippen molar-refractivity contribution in [2.24, 2.45) is 5.73 Å². The van der Waals surface area contributed by atoms with Gasteiger partial charge in [-0.25, -0.2) is 4.98 Å². The molecule has 3 aliphatic heterocycles. The Bertz CT molecular complexity index is 1040. The molecular formula is C26H34F3N5O. The first-order valence-corrected chi connectivity index (χ1v) is 12.7. The highest BCUT2D eigenvalue weighted by Gasteiger charge is 2.43. The molecule has 6 nitrogen and oxygen atoms in total. The summed E-state index contributed by atoms with van der Waals surface area (Å²) >= 11 is 0. The number of fused-ring (bicyclic) bond motifs is 3. The molecule has 0 saturated carbocycles. The zero-order valence-electron chi connectivity index (χ0n) is 20.2. The van der Waals surface area contributed by atoms with Crippen LogP contribution in [0.25, 0.3) is 0 Å². The fourth-order valence-corrected chi connectivity index (χ4v) is 6.47. The highest BCUT2D eigenvalue weighted by atomic mass is 19.4. The van der Waals surface area contributed by atoms with Crippen molar-refractivity contribution in [3.8, 4) is 0 Å². The summed E-state index contributed by atoms with van der Waals surface area (Å²) in [6, 6.07) is 11.5. The average molecular weight is 490 g/mol. The smallest absolute Gasteiger partial charge is 0.336 e.